The molecule has 0 atom stereocenters. The van der Waals surface area contributed by atoms with Crippen molar-refractivity contribution in [1.29, 1.82) is 0 Å². The van der Waals surface area contributed by atoms with Gasteiger partial charge in [-0.05, 0) is 47.6 Å². The fraction of sp³-hybridized carbons (Fsp3) is 0.167. The molecule has 64 heavy (non-hydrogen) atoms. The van der Waals surface area contributed by atoms with Gasteiger partial charge in [0.05, 0.1) is 34.3 Å². The molecule has 0 aliphatic carbocycles. The van der Waals surface area contributed by atoms with E-state index in [4.69, 9.17) is 18.8 Å². The first-order valence-corrected chi connectivity index (χ1v) is 28.7. The number of pyridine rings is 2. The molecule has 0 unspecified atom stereocenters. The van der Waals surface area contributed by atoms with Gasteiger partial charge in [0.2, 0.25) is 5.71 Å². The molecule has 11 rings (SSSR count). The molecule has 6 aromatic heterocycles. The normalized spacial score (nSPS) is 11.8. The molecular weight excluding hydrogens is 1030 g/mol. The molecule has 0 aliphatic heterocycles. The number of furan rings is 2. The first kappa shape index (κ1) is 43.0. The number of aromatic nitrogens is 6. The second-order valence-electron chi connectivity index (χ2n) is 17.5. The van der Waals surface area contributed by atoms with Crippen LogP contribution in [0.1, 0.15) is 42.6 Å². The van der Waals surface area contributed by atoms with Crippen molar-refractivity contribution >= 4 is 72.3 Å². The van der Waals surface area contributed by atoms with Crippen LogP contribution in [-0.2, 0) is 20.1 Å². The molecule has 0 fully saturated rings. The van der Waals surface area contributed by atoms with Crippen LogP contribution in [0.4, 0.5) is 0 Å². The van der Waals surface area contributed by atoms with E-state index in [1.165, 1.54) is 31.7 Å². The third-order valence-corrected chi connectivity index (χ3v) is 15.9. The van der Waals surface area contributed by atoms with Gasteiger partial charge < -0.3 is 8.98 Å². The molecule has 0 aliphatic rings. The number of rotatable bonds is 6. The minimum absolute atomic E-state index is 0. The van der Waals surface area contributed by atoms with Crippen molar-refractivity contribution < 1.29 is 28.9 Å². The van der Waals surface area contributed by atoms with Gasteiger partial charge in [0.15, 0.2) is 0 Å². The molecule has 1 radical (unpaired) electrons. The Hall–Kier alpha value is -6.26. The van der Waals surface area contributed by atoms with E-state index in [2.05, 4.69) is 123 Å². The van der Waals surface area contributed by atoms with E-state index in [1.54, 1.807) is 0 Å². The molecule has 319 valence electrons. The molecule has 6 heterocycles. The van der Waals surface area contributed by atoms with Crippen LogP contribution in [-0.4, -0.2) is 42.8 Å². The van der Waals surface area contributed by atoms with Crippen LogP contribution in [0.2, 0.25) is 17.3 Å². The topological polar surface area (TPSA) is 95.7 Å². The largest absolute Gasteiger partial charge is 0 e. The number of fused-ring (bicyclic) bond motifs is 7. The van der Waals surface area contributed by atoms with Crippen molar-refractivity contribution in [1.82, 2.24) is 29.5 Å². The Kier molecular flexibility index (Phi) is 11.4. The zero-order valence-corrected chi connectivity index (χ0v) is 41.5. The molecule has 10 heteroatoms. The van der Waals surface area contributed by atoms with Crippen molar-refractivity contribution in [2.45, 2.75) is 57.8 Å². The van der Waals surface area contributed by atoms with Gasteiger partial charge in [-0.3, -0.25) is 9.97 Å². The van der Waals surface area contributed by atoms with Crippen LogP contribution in [0.25, 0.3) is 94.3 Å². The summed E-state index contributed by atoms with van der Waals surface area (Å²) in [6.45, 7) is 10.4. The van der Waals surface area contributed by atoms with Crippen LogP contribution < -0.4 is 4.40 Å². The van der Waals surface area contributed by atoms with E-state index in [0.29, 0.717) is 17.1 Å². The van der Waals surface area contributed by atoms with Crippen LogP contribution in [0.3, 0.4) is 0 Å². The fourth-order valence-electron chi connectivity index (χ4n) is 8.76. The maximum Gasteiger partial charge on any atom is 0 e. The number of hydrogen-bond donors (Lipinski definition) is 0. The minimum atomic E-state index is -2.04. The van der Waals surface area contributed by atoms with E-state index in [1.807, 2.05) is 87.9 Å². The van der Waals surface area contributed by atoms with Gasteiger partial charge in [0.1, 0.15) is 5.82 Å². The summed E-state index contributed by atoms with van der Waals surface area (Å²) in [4.78, 5) is 23.6. The number of hydrogen-bond acceptors (Lipinski definition) is 7. The predicted molar refractivity (Wildman–Crippen MR) is 259 cm³/mol. The monoisotopic (exact) mass is 1080 g/mol. The summed E-state index contributed by atoms with van der Waals surface area (Å²) in [6.07, 6.45) is 5.81. The Bertz CT molecular complexity index is 3530. The summed E-state index contributed by atoms with van der Waals surface area (Å²) in [5.41, 5.74) is 10.3. The smallest absolute Gasteiger partial charge is 0 e. The zero-order valence-electron chi connectivity index (χ0n) is 37.0. The van der Waals surface area contributed by atoms with Crippen molar-refractivity contribution in [2.24, 2.45) is 0 Å². The fourth-order valence-corrected chi connectivity index (χ4v) is 11.8. The molecule has 11 aromatic rings. The minimum Gasteiger partial charge on any atom is 0 e. The third-order valence-electron chi connectivity index (χ3n) is 11.7. The first-order chi connectivity index (χ1) is 30.4. The van der Waals surface area contributed by atoms with Crippen LogP contribution in [0, 0.1) is 32.9 Å². The van der Waals surface area contributed by atoms with Gasteiger partial charge in [-0.2, -0.15) is 4.98 Å². The van der Waals surface area contributed by atoms with Crippen molar-refractivity contribution in [3.8, 4) is 39.7 Å². The summed E-state index contributed by atoms with van der Waals surface area (Å²) < 4.78 is 15.9. The summed E-state index contributed by atoms with van der Waals surface area (Å²) in [5.74, 6) is 10.7. The number of aryl methyl sites for hydroxylation is 3. The van der Waals surface area contributed by atoms with Crippen molar-refractivity contribution in [3.05, 3.63) is 163 Å². The van der Waals surface area contributed by atoms with Crippen molar-refractivity contribution in [3.63, 3.8) is 0 Å². The molecular formula is C54H46GeIrN6O2-2. The number of benzene rings is 5. The molecule has 0 N–H and O–H groups in total. The SMILES string of the molecule is Cc1cc2nc(-c3[c-]ccc4c3oc3nc(C)ncc34)n(-c3c(C(C)C)c4ccccc4c4ccccc34)c2cn1.Cc1ccc(-c2cc(-c3[c-]cccc3)nc[c]2[Ge]([CH3])([CH3])[CH3])o1.[Ir]. The summed E-state index contributed by atoms with van der Waals surface area (Å²) in [5, 5.41) is 6.66. The zero-order chi connectivity index (χ0) is 43.6. The van der Waals surface area contributed by atoms with Gasteiger partial charge in [0.25, 0.3) is 0 Å². The van der Waals surface area contributed by atoms with Gasteiger partial charge in [-0.1, -0.05) is 73.3 Å². The van der Waals surface area contributed by atoms with Gasteiger partial charge >= 0.3 is 134 Å². The average Bonchev–Trinajstić information content (AvgIpc) is 4.00. The van der Waals surface area contributed by atoms with E-state index in [0.717, 1.165) is 72.7 Å². The molecule has 0 saturated heterocycles. The second kappa shape index (κ2) is 17.0. The molecule has 0 bridgehead atoms. The molecule has 0 amide bonds. The Labute approximate surface area is 388 Å². The third kappa shape index (κ3) is 7.65. The molecule has 0 saturated carbocycles. The molecule has 8 nitrogen and oxygen atoms in total. The molecule has 5 aromatic carbocycles. The van der Waals surface area contributed by atoms with Crippen LogP contribution in [0.15, 0.2) is 137 Å². The van der Waals surface area contributed by atoms with Gasteiger partial charge in [-0.25, -0.2) is 4.98 Å². The average molecular weight is 1080 g/mol. The summed E-state index contributed by atoms with van der Waals surface area (Å²) >= 11 is -2.04. The maximum absolute atomic E-state index is 6.41. The second-order valence-corrected chi connectivity index (χ2v) is 28.1. The quantitative estimate of drug-likeness (QED) is 0.0930. The Morgan fingerprint density at radius 1 is 0.656 bits per heavy atom. The van der Waals surface area contributed by atoms with Gasteiger partial charge in [-0.15, -0.1) is 18.2 Å². The Morgan fingerprint density at radius 3 is 2.09 bits per heavy atom. The Balaban J connectivity index is 0.000000191. The Morgan fingerprint density at radius 2 is 1.39 bits per heavy atom. The van der Waals surface area contributed by atoms with Gasteiger partial charge in [0, 0.05) is 42.8 Å². The van der Waals surface area contributed by atoms with Crippen LogP contribution >= 0.6 is 0 Å². The van der Waals surface area contributed by atoms with E-state index in [9.17, 15) is 0 Å². The predicted octanol–water partition coefficient (Wildman–Crippen LogP) is 13.3. The van der Waals surface area contributed by atoms with Crippen molar-refractivity contribution in [2.75, 3.05) is 0 Å². The van der Waals surface area contributed by atoms with E-state index >= 15 is 0 Å². The van der Waals surface area contributed by atoms with E-state index < -0.39 is 13.3 Å². The molecule has 0 spiro atoms. The number of nitrogens with zero attached hydrogens (tertiary/aromatic N) is 6. The summed E-state index contributed by atoms with van der Waals surface area (Å²) in [7, 11) is 0. The van der Waals surface area contributed by atoms with Crippen LogP contribution in [0.5, 0.6) is 0 Å². The first-order valence-electron chi connectivity index (χ1n) is 21.3. The standard InChI is InChI=1S/C35H26N5O.C19H20GeNO.Ir/c1-19(2)31-24-12-7-5-10-22(24)23-11-6-8-13-25(23)32(31)40-30-18-36-20(3)16-29(30)39-34(40)27-15-9-14-26-28-17-37-21(4)38-35(28)41-33(26)27;1-14-10-11-19(22-14)16-12-18(15-8-6-5-7-9-15)21-13-17(16)20(2,3)4;/h5-14,16-19H,1-4H3;5-8,10-13H,1-4H3;/q2*-1;. The maximum atomic E-state index is 6.41. The summed E-state index contributed by atoms with van der Waals surface area (Å²) in [6, 6.07) is 44.2. The van der Waals surface area contributed by atoms with E-state index in [-0.39, 0.29) is 26.0 Å². The number of imidazole rings is 1.